The third kappa shape index (κ3) is 2.79. The Labute approximate surface area is 126 Å². The van der Waals surface area contributed by atoms with Crippen molar-refractivity contribution < 1.29 is 0 Å². The van der Waals surface area contributed by atoms with Crippen molar-refractivity contribution in [3.63, 3.8) is 0 Å². The first-order valence-electron chi connectivity index (χ1n) is 6.38. The number of nitrogens with two attached hydrogens (primary N) is 1. The lowest BCUT2D eigenvalue weighted by Gasteiger charge is -2.05. The summed E-state index contributed by atoms with van der Waals surface area (Å²) in [4.78, 5) is 4.69. The fourth-order valence-corrected chi connectivity index (χ4v) is 2.63. The average Bonchev–Trinajstić information content (AvgIpc) is 2.70. The number of benzene rings is 1. The van der Waals surface area contributed by atoms with E-state index in [1.54, 1.807) is 0 Å². The number of rotatable bonds is 4. The summed E-state index contributed by atoms with van der Waals surface area (Å²) in [5.41, 5.74) is 8.04. The van der Waals surface area contributed by atoms with Gasteiger partial charge in [0.25, 0.3) is 0 Å². The summed E-state index contributed by atoms with van der Waals surface area (Å²) in [5.74, 6) is 1.77. The van der Waals surface area contributed by atoms with Gasteiger partial charge in [0.1, 0.15) is 17.3 Å². The first kappa shape index (κ1) is 14.4. The van der Waals surface area contributed by atoms with E-state index in [9.17, 15) is 0 Å². The first-order chi connectivity index (χ1) is 9.08. The molecule has 0 spiro atoms. The van der Waals surface area contributed by atoms with E-state index in [4.69, 9.17) is 17.3 Å². The van der Waals surface area contributed by atoms with Crippen LogP contribution in [0.3, 0.4) is 0 Å². The first-order valence-corrected chi connectivity index (χ1v) is 7.55. The topological polar surface area (TPSA) is 43.8 Å². The largest absolute Gasteiger partial charge is 0.383 e. The van der Waals surface area contributed by atoms with E-state index >= 15 is 0 Å². The molecule has 0 radical (unpaired) electrons. The number of aromatic nitrogens is 2. The molecule has 2 rings (SSSR count). The second kappa shape index (κ2) is 5.97. The van der Waals surface area contributed by atoms with Crippen LogP contribution in [0.2, 0.25) is 5.02 Å². The van der Waals surface area contributed by atoms with Crippen LogP contribution in [0.15, 0.2) is 22.7 Å². The molecule has 1 aromatic carbocycles. The van der Waals surface area contributed by atoms with Crippen LogP contribution in [-0.4, -0.2) is 9.55 Å². The molecular weight excluding hydrogens is 326 g/mol. The van der Waals surface area contributed by atoms with Gasteiger partial charge in [-0.25, -0.2) is 4.98 Å². The number of anilines is 1. The third-order valence-electron chi connectivity index (χ3n) is 3.07. The van der Waals surface area contributed by atoms with Crippen LogP contribution in [0, 0.1) is 0 Å². The number of hydrogen-bond donors (Lipinski definition) is 1. The summed E-state index contributed by atoms with van der Waals surface area (Å²) >= 11 is 9.45. The summed E-state index contributed by atoms with van der Waals surface area (Å²) in [6.45, 7) is 5.06. The second-order valence-electron chi connectivity index (χ2n) is 4.39. The highest BCUT2D eigenvalue weighted by Crippen LogP contribution is 2.32. The van der Waals surface area contributed by atoms with Crippen molar-refractivity contribution in [3.8, 4) is 11.3 Å². The summed E-state index contributed by atoms with van der Waals surface area (Å²) in [6, 6.07) is 5.75. The van der Waals surface area contributed by atoms with Crippen molar-refractivity contribution in [3.05, 3.63) is 33.5 Å². The molecule has 0 fully saturated rings. The van der Waals surface area contributed by atoms with Gasteiger partial charge in [0.05, 0.1) is 5.02 Å². The van der Waals surface area contributed by atoms with Gasteiger partial charge in [0.15, 0.2) is 0 Å². The molecule has 2 aromatic rings. The van der Waals surface area contributed by atoms with E-state index in [1.807, 2.05) is 18.2 Å². The smallest absolute Gasteiger partial charge is 0.131 e. The molecule has 0 aliphatic rings. The zero-order chi connectivity index (χ0) is 14.0. The molecule has 0 bridgehead atoms. The van der Waals surface area contributed by atoms with E-state index in [2.05, 4.69) is 39.3 Å². The van der Waals surface area contributed by atoms with E-state index in [0.29, 0.717) is 5.02 Å². The van der Waals surface area contributed by atoms with Crippen LogP contribution in [0.25, 0.3) is 11.3 Å². The van der Waals surface area contributed by atoms with Crippen molar-refractivity contribution in [1.82, 2.24) is 9.55 Å². The lowest BCUT2D eigenvalue weighted by Crippen LogP contribution is -2.05. The molecule has 0 saturated heterocycles. The minimum absolute atomic E-state index is 0.686. The molecule has 1 heterocycles. The molecule has 0 saturated carbocycles. The van der Waals surface area contributed by atoms with Crippen LogP contribution in [0.4, 0.5) is 5.82 Å². The van der Waals surface area contributed by atoms with Gasteiger partial charge in [0.2, 0.25) is 0 Å². The van der Waals surface area contributed by atoms with Crippen molar-refractivity contribution in [2.75, 3.05) is 5.73 Å². The molecule has 2 N–H and O–H groups in total. The zero-order valence-electron chi connectivity index (χ0n) is 11.1. The summed E-state index contributed by atoms with van der Waals surface area (Å²) < 4.78 is 2.93. The van der Waals surface area contributed by atoms with Gasteiger partial charge in [0, 0.05) is 23.0 Å². The predicted octanol–water partition coefficient (Wildman–Crippen LogP) is 4.52. The minimum Gasteiger partial charge on any atom is -0.383 e. The van der Waals surface area contributed by atoms with Gasteiger partial charge in [-0.3, -0.25) is 0 Å². The van der Waals surface area contributed by atoms with Crippen molar-refractivity contribution in [2.24, 2.45) is 0 Å². The second-order valence-corrected chi connectivity index (χ2v) is 5.65. The van der Waals surface area contributed by atoms with Gasteiger partial charge in [-0.05, 0) is 41.4 Å². The monoisotopic (exact) mass is 341 g/mol. The maximum Gasteiger partial charge on any atom is 0.131 e. The maximum absolute atomic E-state index is 6.22. The van der Waals surface area contributed by atoms with Crippen molar-refractivity contribution in [1.29, 1.82) is 0 Å². The Balaban J connectivity index is 2.52. The Bertz CT molecular complexity index is 593. The lowest BCUT2D eigenvalue weighted by atomic mass is 10.1. The van der Waals surface area contributed by atoms with Gasteiger partial charge < -0.3 is 10.3 Å². The van der Waals surface area contributed by atoms with Crippen LogP contribution in [-0.2, 0) is 13.0 Å². The molecule has 0 unspecified atom stereocenters. The Morgan fingerprint density at radius 1 is 1.37 bits per heavy atom. The van der Waals surface area contributed by atoms with Crippen LogP contribution < -0.4 is 5.73 Å². The predicted molar refractivity (Wildman–Crippen MR) is 84.5 cm³/mol. The highest BCUT2D eigenvalue weighted by molar-refractivity contribution is 9.10. The van der Waals surface area contributed by atoms with Gasteiger partial charge in [-0.1, -0.05) is 24.6 Å². The SMILES string of the molecule is CCCc1nc(-c2ccc(Cl)c(Br)c2)c(N)n1CC. The molecule has 0 atom stereocenters. The molecule has 0 aliphatic heterocycles. The number of nitrogen functional groups attached to an aromatic ring is 1. The highest BCUT2D eigenvalue weighted by Gasteiger charge is 2.15. The average molecular weight is 343 g/mol. The number of aryl methyl sites for hydroxylation is 1. The molecule has 19 heavy (non-hydrogen) atoms. The van der Waals surface area contributed by atoms with Crippen LogP contribution >= 0.6 is 27.5 Å². The fourth-order valence-electron chi connectivity index (χ4n) is 2.14. The standard InChI is InChI=1S/C14H17BrClN3/c1-3-5-12-18-13(14(17)19(12)4-2)9-6-7-11(16)10(15)8-9/h6-8H,3-5,17H2,1-2H3. The quantitative estimate of drug-likeness (QED) is 0.887. The molecule has 3 nitrogen and oxygen atoms in total. The van der Waals surface area contributed by atoms with Gasteiger partial charge in [-0.2, -0.15) is 0 Å². The Kier molecular flexibility index (Phi) is 4.53. The fraction of sp³-hybridized carbons (Fsp3) is 0.357. The Morgan fingerprint density at radius 2 is 2.11 bits per heavy atom. The minimum atomic E-state index is 0.686. The number of imidazole rings is 1. The number of hydrogen-bond acceptors (Lipinski definition) is 2. The summed E-state index contributed by atoms with van der Waals surface area (Å²) in [6.07, 6.45) is 1.99. The van der Waals surface area contributed by atoms with E-state index in [1.165, 1.54) is 0 Å². The Morgan fingerprint density at radius 3 is 2.68 bits per heavy atom. The number of nitrogens with zero attached hydrogens (tertiary/aromatic N) is 2. The number of halogens is 2. The van der Waals surface area contributed by atoms with E-state index in [0.717, 1.165) is 46.8 Å². The highest BCUT2D eigenvalue weighted by atomic mass is 79.9. The molecule has 5 heteroatoms. The van der Waals surface area contributed by atoms with Crippen LogP contribution in [0.5, 0.6) is 0 Å². The normalized spacial score (nSPS) is 10.9. The molecule has 0 amide bonds. The maximum atomic E-state index is 6.22. The van der Waals surface area contributed by atoms with Crippen molar-refractivity contribution >= 4 is 33.3 Å². The van der Waals surface area contributed by atoms with Crippen LogP contribution in [0.1, 0.15) is 26.1 Å². The molecule has 0 aliphatic carbocycles. The lowest BCUT2D eigenvalue weighted by molar-refractivity contribution is 0.690. The molecular formula is C14H17BrClN3. The summed E-state index contributed by atoms with van der Waals surface area (Å²) in [7, 11) is 0. The van der Waals surface area contributed by atoms with Crippen molar-refractivity contribution in [2.45, 2.75) is 33.2 Å². The summed E-state index contributed by atoms with van der Waals surface area (Å²) in [5, 5.41) is 0.686. The van der Waals surface area contributed by atoms with E-state index in [-0.39, 0.29) is 0 Å². The Hall–Kier alpha value is -1.00. The third-order valence-corrected chi connectivity index (χ3v) is 4.28. The zero-order valence-corrected chi connectivity index (χ0v) is 13.4. The van der Waals surface area contributed by atoms with Gasteiger partial charge in [-0.15, -0.1) is 0 Å². The molecule has 1 aromatic heterocycles. The molecule has 102 valence electrons. The van der Waals surface area contributed by atoms with Gasteiger partial charge >= 0.3 is 0 Å². The van der Waals surface area contributed by atoms with E-state index < -0.39 is 0 Å².